The van der Waals surface area contributed by atoms with Crippen LogP contribution in [0.15, 0.2) is 41.1 Å². The van der Waals surface area contributed by atoms with E-state index in [9.17, 15) is 4.79 Å². The molecule has 2 N–H and O–H groups in total. The molecule has 1 aromatic heterocycles. The summed E-state index contributed by atoms with van der Waals surface area (Å²) in [4.78, 5) is 14.1. The molecule has 24 heavy (non-hydrogen) atoms. The molecule has 0 aliphatic carbocycles. The van der Waals surface area contributed by atoms with Crippen LogP contribution in [0.3, 0.4) is 0 Å². The predicted octanol–water partition coefficient (Wildman–Crippen LogP) is 3.50. The van der Waals surface area contributed by atoms with Crippen molar-refractivity contribution in [3.63, 3.8) is 0 Å². The average molecular weight is 416 g/mol. The van der Waals surface area contributed by atoms with Crippen LogP contribution in [0.1, 0.15) is 30.6 Å². The molecule has 1 atom stereocenters. The second-order valence-corrected chi connectivity index (χ2v) is 6.99. The van der Waals surface area contributed by atoms with Gasteiger partial charge >= 0.3 is 0 Å². The number of nitrogens with zero attached hydrogens (tertiary/aromatic N) is 3. The summed E-state index contributed by atoms with van der Waals surface area (Å²) >= 11 is 3.40. The molecule has 0 spiro atoms. The summed E-state index contributed by atoms with van der Waals surface area (Å²) in [5, 5.41) is 4.27. The predicted molar refractivity (Wildman–Crippen MR) is 103 cm³/mol. The smallest absolute Gasteiger partial charge is 0.256 e. The van der Waals surface area contributed by atoms with Crippen LogP contribution < -0.4 is 5.73 Å². The zero-order valence-corrected chi connectivity index (χ0v) is 16.5. The molecule has 7 heteroatoms. The van der Waals surface area contributed by atoms with Crippen LogP contribution in [0.2, 0.25) is 0 Å². The SMILES string of the molecule is CC(C)C(N)CCN(C)C(=O)c1cnn(-c2ccc(Br)cc2)c1.Cl. The molecule has 1 unspecified atom stereocenters. The first-order valence-corrected chi connectivity index (χ1v) is 8.49. The topological polar surface area (TPSA) is 64.2 Å². The number of benzene rings is 1. The molecule has 132 valence electrons. The average Bonchev–Trinajstić information content (AvgIpc) is 3.01. The summed E-state index contributed by atoms with van der Waals surface area (Å²) in [5.41, 5.74) is 7.53. The van der Waals surface area contributed by atoms with E-state index in [2.05, 4.69) is 34.9 Å². The first kappa shape index (κ1) is 20.7. The number of hydrogen-bond donors (Lipinski definition) is 1. The summed E-state index contributed by atoms with van der Waals surface area (Å²) < 4.78 is 2.71. The zero-order chi connectivity index (χ0) is 17.0. The van der Waals surface area contributed by atoms with E-state index >= 15 is 0 Å². The van der Waals surface area contributed by atoms with Gasteiger partial charge in [-0.2, -0.15) is 5.10 Å². The Labute approximate surface area is 157 Å². The minimum Gasteiger partial charge on any atom is -0.342 e. The first-order valence-electron chi connectivity index (χ1n) is 7.70. The maximum absolute atomic E-state index is 12.5. The fourth-order valence-electron chi connectivity index (χ4n) is 2.17. The molecule has 1 heterocycles. The quantitative estimate of drug-likeness (QED) is 0.785. The molecule has 1 aromatic carbocycles. The van der Waals surface area contributed by atoms with Crippen molar-refractivity contribution in [2.75, 3.05) is 13.6 Å². The van der Waals surface area contributed by atoms with Crippen LogP contribution in [0, 0.1) is 5.92 Å². The van der Waals surface area contributed by atoms with Crippen LogP contribution in [0.25, 0.3) is 5.69 Å². The van der Waals surface area contributed by atoms with E-state index in [1.807, 2.05) is 24.3 Å². The molecule has 0 saturated carbocycles. The zero-order valence-electron chi connectivity index (χ0n) is 14.1. The molecular formula is C17H24BrClN4O. The van der Waals surface area contributed by atoms with Crippen molar-refractivity contribution in [1.82, 2.24) is 14.7 Å². The van der Waals surface area contributed by atoms with Gasteiger partial charge in [-0.1, -0.05) is 29.8 Å². The van der Waals surface area contributed by atoms with Crippen molar-refractivity contribution in [2.45, 2.75) is 26.3 Å². The normalized spacial score (nSPS) is 11.9. The van der Waals surface area contributed by atoms with Gasteiger partial charge in [0.2, 0.25) is 0 Å². The lowest BCUT2D eigenvalue weighted by molar-refractivity contribution is 0.0789. The maximum atomic E-state index is 12.5. The summed E-state index contributed by atoms with van der Waals surface area (Å²) in [5.74, 6) is 0.378. The molecule has 2 rings (SSSR count). The Balaban J connectivity index is 0.00000288. The Morgan fingerprint density at radius 1 is 1.33 bits per heavy atom. The molecule has 0 bridgehead atoms. The first-order chi connectivity index (χ1) is 10.9. The lowest BCUT2D eigenvalue weighted by Crippen LogP contribution is -2.34. The van der Waals surface area contributed by atoms with E-state index < -0.39 is 0 Å². The summed E-state index contributed by atoms with van der Waals surface area (Å²) in [6.07, 6.45) is 4.15. The van der Waals surface area contributed by atoms with E-state index in [0.29, 0.717) is 18.0 Å². The van der Waals surface area contributed by atoms with E-state index in [0.717, 1.165) is 16.6 Å². The van der Waals surface area contributed by atoms with Gasteiger partial charge in [-0.05, 0) is 36.6 Å². The molecule has 5 nitrogen and oxygen atoms in total. The number of hydrogen-bond acceptors (Lipinski definition) is 3. The van der Waals surface area contributed by atoms with E-state index in [1.165, 1.54) is 0 Å². The van der Waals surface area contributed by atoms with Gasteiger partial charge in [0.05, 0.1) is 17.4 Å². The highest BCUT2D eigenvalue weighted by Gasteiger charge is 2.16. The van der Waals surface area contributed by atoms with Gasteiger partial charge in [-0.25, -0.2) is 4.68 Å². The van der Waals surface area contributed by atoms with Crippen molar-refractivity contribution in [2.24, 2.45) is 11.7 Å². The molecular weight excluding hydrogens is 392 g/mol. The third-order valence-corrected chi connectivity index (χ3v) is 4.45. The van der Waals surface area contributed by atoms with Crippen molar-refractivity contribution in [3.05, 3.63) is 46.7 Å². The molecule has 0 saturated heterocycles. The summed E-state index contributed by atoms with van der Waals surface area (Å²) in [6.45, 7) is 4.82. The van der Waals surface area contributed by atoms with Gasteiger partial charge in [0.15, 0.2) is 0 Å². The molecule has 0 aliphatic heterocycles. The number of nitrogens with two attached hydrogens (primary N) is 1. The number of amides is 1. The number of rotatable bonds is 6. The van der Waals surface area contributed by atoms with Crippen molar-refractivity contribution in [3.8, 4) is 5.69 Å². The Bertz CT molecular complexity index is 657. The standard InChI is InChI=1S/C17H23BrN4O.ClH/c1-12(2)16(19)8-9-21(3)17(23)13-10-20-22(11-13)15-6-4-14(18)5-7-15;/h4-7,10-12,16H,8-9,19H2,1-3H3;1H. The largest absolute Gasteiger partial charge is 0.342 e. The van der Waals surface area contributed by atoms with Crippen LogP contribution in [0.4, 0.5) is 0 Å². The third kappa shape index (κ3) is 5.33. The minimum absolute atomic E-state index is 0. The van der Waals surface area contributed by atoms with Gasteiger partial charge in [0.25, 0.3) is 5.91 Å². The summed E-state index contributed by atoms with van der Waals surface area (Å²) in [7, 11) is 1.80. The lowest BCUT2D eigenvalue weighted by Gasteiger charge is -2.21. The van der Waals surface area contributed by atoms with Gasteiger partial charge < -0.3 is 10.6 Å². The number of carbonyl (C=O) groups is 1. The Kier molecular flexibility index (Phi) is 7.93. The van der Waals surface area contributed by atoms with Crippen molar-refractivity contribution < 1.29 is 4.79 Å². The van der Waals surface area contributed by atoms with E-state index in [4.69, 9.17) is 5.73 Å². The van der Waals surface area contributed by atoms with Crippen LogP contribution >= 0.6 is 28.3 Å². The van der Waals surface area contributed by atoms with Gasteiger partial charge in [0, 0.05) is 30.3 Å². The van der Waals surface area contributed by atoms with Gasteiger partial charge in [-0.15, -0.1) is 12.4 Å². The van der Waals surface area contributed by atoms with Crippen LogP contribution in [0.5, 0.6) is 0 Å². The van der Waals surface area contributed by atoms with E-state index in [1.54, 1.807) is 29.0 Å². The molecule has 0 aliphatic rings. The lowest BCUT2D eigenvalue weighted by atomic mass is 10.0. The molecule has 0 radical (unpaired) electrons. The van der Waals surface area contributed by atoms with Crippen molar-refractivity contribution >= 4 is 34.2 Å². The van der Waals surface area contributed by atoms with Gasteiger partial charge in [0.1, 0.15) is 0 Å². The van der Waals surface area contributed by atoms with E-state index in [-0.39, 0.29) is 24.4 Å². The number of halogens is 2. The highest BCUT2D eigenvalue weighted by atomic mass is 79.9. The Morgan fingerprint density at radius 2 is 1.96 bits per heavy atom. The van der Waals surface area contributed by atoms with Gasteiger partial charge in [-0.3, -0.25) is 4.79 Å². The molecule has 0 fully saturated rings. The fourth-order valence-corrected chi connectivity index (χ4v) is 2.43. The number of aromatic nitrogens is 2. The Hall–Kier alpha value is -1.37. The molecule has 2 aromatic rings. The fraction of sp³-hybridized carbons (Fsp3) is 0.412. The maximum Gasteiger partial charge on any atom is 0.256 e. The molecule has 1 amide bonds. The Morgan fingerprint density at radius 3 is 2.54 bits per heavy atom. The highest BCUT2D eigenvalue weighted by molar-refractivity contribution is 9.10. The monoisotopic (exact) mass is 414 g/mol. The third-order valence-electron chi connectivity index (χ3n) is 3.92. The number of carbonyl (C=O) groups excluding carboxylic acids is 1. The summed E-state index contributed by atoms with van der Waals surface area (Å²) in [6, 6.07) is 7.87. The second kappa shape index (κ2) is 9.20. The second-order valence-electron chi connectivity index (χ2n) is 6.07. The van der Waals surface area contributed by atoms with Crippen LogP contribution in [-0.2, 0) is 0 Å². The minimum atomic E-state index is -0.0377. The van der Waals surface area contributed by atoms with Crippen molar-refractivity contribution in [1.29, 1.82) is 0 Å². The van der Waals surface area contributed by atoms with Crippen LogP contribution in [-0.4, -0.2) is 40.2 Å². The highest BCUT2D eigenvalue weighted by Crippen LogP contribution is 2.15.